The minimum atomic E-state index is -2.73. The number of amides is 1. The molecular formula is C21H24F2N6OS. The van der Waals surface area contributed by atoms with Gasteiger partial charge in [0.15, 0.2) is 5.01 Å². The monoisotopic (exact) mass is 449 g/mol. The van der Waals surface area contributed by atoms with E-state index in [0.717, 1.165) is 25.7 Å². The van der Waals surface area contributed by atoms with Crippen LogP contribution >= 0.6 is 11.3 Å². The van der Waals surface area contributed by atoms with Gasteiger partial charge in [0.1, 0.15) is 10.7 Å². The van der Waals surface area contributed by atoms with Crippen LogP contribution in [0.3, 0.4) is 0 Å². The lowest BCUT2D eigenvalue weighted by Crippen LogP contribution is -2.47. The molecule has 0 aliphatic carbocycles. The summed E-state index contributed by atoms with van der Waals surface area (Å²) in [4.78, 5) is 24.2. The summed E-state index contributed by atoms with van der Waals surface area (Å²) in [6.07, 6.45) is 1.41. The maximum absolute atomic E-state index is 12.9. The van der Waals surface area contributed by atoms with Crippen molar-refractivity contribution in [2.24, 2.45) is 0 Å². The summed E-state index contributed by atoms with van der Waals surface area (Å²) in [5, 5.41) is 11.4. The number of rotatable bonds is 6. The third-order valence-corrected chi connectivity index (χ3v) is 6.19. The number of nitrogens with zero attached hydrogens (tertiary/aromatic N) is 6. The highest BCUT2D eigenvalue weighted by molar-refractivity contribution is 7.14. The first-order chi connectivity index (χ1) is 16.1. The highest BCUT2D eigenvalue weighted by atomic mass is 32.1. The number of halogens is 2. The molecule has 0 spiro atoms. The molecule has 164 valence electrons. The molecule has 10 heteroatoms. The number of alkyl halides is 2. The number of piperidine rings is 1. The average molecular weight is 450 g/mol. The Kier molecular flexibility index (Phi) is 5.39. The number of fused-ring (bicyclic) bond motifs is 1. The molecule has 4 rings (SSSR count). The molecule has 7 nitrogen and oxygen atoms in total. The Labute approximate surface area is 187 Å². The Hall–Kier alpha value is -2.59. The number of hydrogen-bond donors (Lipinski definition) is 0. The first-order valence-electron chi connectivity index (χ1n) is 11.5. The molecule has 0 atom stereocenters. The smallest absolute Gasteiger partial charge is 0.251 e. The Bertz CT molecular complexity index is 1170. The minimum absolute atomic E-state index is 0.0935. The lowest BCUT2D eigenvalue weighted by Gasteiger charge is -2.36. The first-order valence-corrected chi connectivity index (χ1v) is 10.8. The zero-order chi connectivity index (χ0) is 24.5. The predicted octanol–water partition coefficient (Wildman–Crippen LogP) is 3.19. The Balaban J connectivity index is 1.41. The maximum atomic E-state index is 12.9. The highest BCUT2D eigenvalue weighted by Crippen LogP contribution is 2.25. The van der Waals surface area contributed by atoms with Crippen LogP contribution in [0, 0.1) is 6.92 Å². The summed E-state index contributed by atoms with van der Waals surface area (Å²) in [5.74, 6) is -0.131. The molecule has 3 aromatic heterocycles. The zero-order valence-corrected chi connectivity index (χ0v) is 17.8. The number of hydrogen-bond acceptors (Lipinski definition) is 7. The number of aromatic nitrogens is 4. The largest absolute Gasteiger partial charge is 0.342 e. The van der Waals surface area contributed by atoms with Gasteiger partial charge in [-0.3, -0.25) is 19.7 Å². The first kappa shape index (κ1) is 18.0. The Morgan fingerprint density at radius 3 is 2.71 bits per heavy atom. The molecule has 4 heterocycles. The fourth-order valence-electron chi connectivity index (χ4n) is 3.69. The van der Waals surface area contributed by atoms with Gasteiger partial charge in [-0.15, -0.1) is 10.2 Å². The van der Waals surface area contributed by atoms with Crippen LogP contribution in [-0.4, -0.2) is 74.9 Å². The fourth-order valence-corrected chi connectivity index (χ4v) is 4.35. The SMILES string of the molecule is [2H]C([2H])([2H])N(CC(F)F)C1CCN(C(=O)Cc2cc3cc(-c4nnc(C)s4)ncc3cn2)CC1. The summed E-state index contributed by atoms with van der Waals surface area (Å²) in [7, 11) is 0. The third kappa shape index (κ3) is 5.19. The van der Waals surface area contributed by atoms with E-state index < -0.39 is 26.0 Å². The molecule has 3 aromatic rings. The number of carbonyl (C=O) groups excluding carboxylic acids is 1. The van der Waals surface area contributed by atoms with Crippen LogP contribution in [0.5, 0.6) is 0 Å². The van der Waals surface area contributed by atoms with Crippen molar-refractivity contribution in [2.75, 3.05) is 26.6 Å². The molecule has 0 saturated carbocycles. The molecule has 31 heavy (non-hydrogen) atoms. The van der Waals surface area contributed by atoms with Gasteiger partial charge in [-0.1, -0.05) is 11.3 Å². The molecule has 0 N–H and O–H groups in total. The molecule has 0 bridgehead atoms. The van der Waals surface area contributed by atoms with Gasteiger partial charge < -0.3 is 4.90 Å². The van der Waals surface area contributed by atoms with Gasteiger partial charge in [0.05, 0.1) is 18.7 Å². The topological polar surface area (TPSA) is 75.1 Å². The summed E-state index contributed by atoms with van der Waals surface area (Å²) in [6.45, 7) is -0.889. The second-order valence-electron chi connectivity index (χ2n) is 7.55. The lowest BCUT2D eigenvalue weighted by atomic mass is 10.0. The minimum Gasteiger partial charge on any atom is -0.342 e. The molecule has 0 unspecified atom stereocenters. The van der Waals surface area contributed by atoms with Crippen LogP contribution in [0.4, 0.5) is 8.78 Å². The van der Waals surface area contributed by atoms with Crippen molar-refractivity contribution >= 4 is 28.0 Å². The third-order valence-electron chi connectivity index (χ3n) is 5.33. The van der Waals surface area contributed by atoms with Gasteiger partial charge in [0.25, 0.3) is 6.43 Å². The van der Waals surface area contributed by atoms with E-state index >= 15 is 0 Å². The Morgan fingerprint density at radius 1 is 1.26 bits per heavy atom. The lowest BCUT2D eigenvalue weighted by molar-refractivity contribution is -0.132. The maximum Gasteiger partial charge on any atom is 0.251 e. The average Bonchev–Trinajstić information content (AvgIpc) is 3.22. The van der Waals surface area contributed by atoms with Crippen molar-refractivity contribution in [3.8, 4) is 10.7 Å². The van der Waals surface area contributed by atoms with Crippen molar-refractivity contribution in [3.05, 3.63) is 35.2 Å². The van der Waals surface area contributed by atoms with Gasteiger partial charge in [0, 0.05) is 41.0 Å². The summed E-state index contributed by atoms with van der Waals surface area (Å²) >= 11 is 1.45. The van der Waals surface area contributed by atoms with Crippen molar-refractivity contribution < 1.29 is 17.7 Å². The molecule has 1 fully saturated rings. The van der Waals surface area contributed by atoms with Crippen molar-refractivity contribution in [1.29, 1.82) is 0 Å². The second kappa shape index (κ2) is 9.27. The highest BCUT2D eigenvalue weighted by Gasteiger charge is 2.26. The number of likely N-dealkylation sites (tertiary alicyclic amines) is 1. The van der Waals surface area contributed by atoms with Crippen molar-refractivity contribution in [1.82, 2.24) is 30.0 Å². The van der Waals surface area contributed by atoms with E-state index in [4.69, 9.17) is 4.11 Å². The van der Waals surface area contributed by atoms with Crippen LogP contribution < -0.4 is 0 Å². The van der Waals surface area contributed by atoms with Crippen molar-refractivity contribution in [3.63, 3.8) is 0 Å². The molecule has 0 aromatic carbocycles. The Morgan fingerprint density at radius 2 is 2.03 bits per heavy atom. The van der Waals surface area contributed by atoms with Gasteiger partial charge >= 0.3 is 0 Å². The normalized spacial score (nSPS) is 17.2. The van der Waals surface area contributed by atoms with Gasteiger partial charge in [-0.05, 0) is 44.3 Å². The van der Waals surface area contributed by atoms with E-state index in [1.807, 2.05) is 19.1 Å². The standard InChI is InChI=1S/C21H24F2N6OS/c1-13-26-27-21(31-13)18-8-14-7-16(24-10-15(14)11-25-18)9-20(30)29-5-3-17(4-6-29)28(2)12-19(22)23/h7-8,10-11,17,19H,3-6,9,12H2,1-2H3/i2D3. The van der Waals surface area contributed by atoms with E-state index in [2.05, 4.69) is 20.2 Å². The molecule has 1 saturated heterocycles. The molecule has 1 aliphatic rings. The van der Waals surface area contributed by atoms with Crippen LogP contribution in [0.15, 0.2) is 24.5 Å². The van der Waals surface area contributed by atoms with Crippen LogP contribution in [0.25, 0.3) is 21.5 Å². The van der Waals surface area contributed by atoms with E-state index in [1.165, 1.54) is 11.3 Å². The molecule has 0 radical (unpaired) electrons. The second-order valence-corrected chi connectivity index (χ2v) is 8.73. The number of pyridine rings is 2. The van der Waals surface area contributed by atoms with Crippen LogP contribution in [0.2, 0.25) is 0 Å². The van der Waals surface area contributed by atoms with Crippen LogP contribution in [0.1, 0.15) is 27.7 Å². The summed E-state index contributed by atoms with van der Waals surface area (Å²) in [5.41, 5.74) is 1.30. The number of carbonyl (C=O) groups is 1. The quantitative estimate of drug-likeness (QED) is 0.575. The summed E-state index contributed by atoms with van der Waals surface area (Å²) < 4.78 is 48.5. The van der Waals surface area contributed by atoms with Gasteiger partial charge in [-0.2, -0.15) is 0 Å². The molecular weight excluding hydrogens is 422 g/mol. The van der Waals surface area contributed by atoms with E-state index in [-0.39, 0.29) is 12.3 Å². The molecule has 1 aliphatic heterocycles. The predicted molar refractivity (Wildman–Crippen MR) is 115 cm³/mol. The zero-order valence-electron chi connectivity index (χ0n) is 20.0. The van der Waals surface area contributed by atoms with E-state index in [0.29, 0.717) is 37.3 Å². The van der Waals surface area contributed by atoms with E-state index in [1.54, 1.807) is 17.3 Å². The molecule has 1 amide bonds. The van der Waals surface area contributed by atoms with Crippen LogP contribution in [-0.2, 0) is 11.2 Å². The van der Waals surface area contributed by atoms with Crippen molar-refractivity contribution in [2.45, 2.75) is 38.7 Å². The van der Waals surface area contributed by atoms with Gasteiger partial charge in [-0.25, -0.2) is 8.78 Å². The van der Waals surface area contributed by atoms with E-state index in [9.17, 15) is 13.6 Å². The number of aryl methyl sites for hydroxylation is 1. The van der Waals surface area contributed by atoms with Gasteiger partial charge in [0.2, 0.25) is 5.91 Å². The fraction of sp³-hybridized carbons (Fsp3) is 0.476. The summed E-state index contributed by atoms with van der Waals surface area (Å²) in [6, 6.07) is 3.22.